The summed E-state index contributed by atoms with van der Waals surface area (Å²) in [6.07, 6.45) is -2.95. The molecule has 1 aliphatic rings. The monoisotopic (exact) mass is 562 g/mol. The van der Waals surface area contributed by atoms with Crippen molar-refractivity contribution in [3.05, 3.63) is 93.3 Å². The number of carbonyl (C=O) groups excluding carboxylic acids is 2. The van der Waals surface area contributed by atoms with E-state index < -0.39 is 17.6 Å². The van der Waals surface area contributed by atoms with E-state index in [1.54, 1.807) is 55.5 Å². The van der Waals surface area contributed by atoms with E-state index >= 15 is 0 Å². The summed E-state index contributed by atoms with van der Waals surface area (Å²) < 4.78 is 44.9. The van der Waals surface area contributed by atoms with Crippen LogP contribution >= 0.6 is 35.6 Å². The van der Waals surface area contributed by atoms with E-state index in [0.29, 0.717) is 22.0 Å². The lowest BCUT2D eigenvalue weighted by Crippen LogP contribution is -2.27. The number of halogens is 4. The average Bonchev–Trinajstić information content (AvgIpc) is 3.13. The number of amides is 2. The minimum absolute atomic E-state index is 0.0516. The van der Waals surface area contributed by atoms with Gasteiger partial charge < -0.3 is 10.1 Å². The van der Waals surface area contributed by atoms with Gasteiger partial charge in [-0.2, -0.15) is 13.2 Å². The van der Waals surface area contributed by atoms with Gasteiger partial charge in [-0.15, -0.1) is 0 Å². The maximum absolute atomic E-state index is 13.1. The number of rotatable bonds is 6. The zero-order valence-electron chi connectivity index (χ0n) is 19.1. The number of thioether (sulfide) groups is 1. The molecule has 0 spiro atoms. The van der Waals surface area contributed by atoms with Crippen molar-refractivity contribution in [2.45, 2.75) is 13.1 Å². The van der Waals surface area contributed by atoms with E-state index in [2.05, 4.69) is 5.32 Å². The van der Waals surface area contributed by atoms with E-state index in [4.69, 9.17) is 28.6 Å². The standard InChI is InChI=1S/C26H18ClF3N2O3S2/c1-15-20(27)6-3-7-21(15)31-23(33)14-35-19-10-8-16(9-11-19)12-22-24(34)32(25(36)37-22)18-5-2-4-17(13-18)26(28,29)30/h2-13H,14H2,1H3,(H,31,33)/b22-12-. The Bertz CT molecular complexity index is 1410. The summed E-state index contributed by atoms with van der Waals surface area (Å²) in [4.78, 5) is 26.5. The van der Waals surface area contributed by atoms with Gasteiger partial charge in [0.15, 0.2) is 10.9 Å². The minimum Gasteiger partial charge on any atom is -0.484 e. The van der Waals surface area contributed by atoms with Gasteiger partial charge in [0.2, 0.25) is 0 Å². The number of anilines is 2. The predicted molar refractivity (Wildman–Crippen MR) is 144 cm³/mol. The van der Waals surface area contributed by atoms with Crippen molar-refractivity contribution in [2.75, 3.05) is 16.8 Å². The molecule has 37 heavy (non-hydrogen) atoms. The Balaban J connectivity index is 1.40. The maximum atomic E-state index is 13.1. The molecule has 190 valence electrons. The Morgan fingerprint density at radius 1 is 1.14 bits per heavy atom. The van der Waals surface area contributed by atoms with Crippen molar-refractivity contribution in [3.63, 3.8) is 0 Å². The van der Waals surface area contributed by atoms with Gasteiger partial charge in [0, 0.05) is 10.7 Å². The van der Waals surface area contributed by atoms with Crippen LogP contribution in [0.3, 0.4) is 0 Å². The van der Waals surface area contributed by atoms with Crippen LogP contribution in [0.1, 0.15) is 16.7 Å². The molecule has 1 fully saturated rings. The molecule has 0 radical (unpaired) electrons. The van der Waals surface area contributed by atoms with Gasteiger partial charge in [-0.1, -0.05) is 59.8 Å². The number of hydrogen-bond donors (Lipinski definition) is 1. The average molecular weight is 563 g/mol. The Kier molecular flexibility index (Phi) is 7.91. The van der Waals surface area contributed by atoms with E-state index in [0.717, 1.165) is 34.4 Å². The number of benzene rings is 3. The van der Waals surface area contributed by atoms with E-state index in [1.807, 2.05) is 0 Å². The van der Waals surface area contributed by atoms with Crippen LogP contribution in [-0.4, -0.2) is 22.7 Å². The van der Waals surface area contributed by atoms with Crippen LogP contribution in [0.5, 0.6) is 5.75 Å². The van der Waals surface area contributed by atoms with Crippen molar-refractivity contribution in [1.82, 2.24) is 0 Å². The first-order valence-corrected chi connectivity index (χ1v) is 12.4. The summed E-state index contributed by atoms with van der Waals surface area (Å²) >= 11 is 12.3. The van der Waals surface area contributed by atoms with Crippen molar-refractivity contribution in [1.29, 1.82) is 0 Å². The van der Waals surface area contributed by atoms with Crippen LogP contribution in [0, 0.1) is 6.92 Å². The highest BCUT2D eigenvalue weighted by atomic mass is 35.5. The van der Waals surface area contributed by atoms with Crippen molar-refractivity contribution >= 4 is 69.2 Å². The second-order valence-electron chi connectivity index (χ2n) is 7.88. The van der Waals surface area contributed by atoms with Crippen LogP contribution in [0.2, 0.25) is 5.02 Å². The number of alkyl halides is 3. The van der Waals surface area contributed by atoms with Crippen molar-refractivity contribution in [3.8, 4) is 5.75 Å². The number of ether oxygens (including phenoxy) is 1. The van der Waals surface area contributed by atoms with Crippen LogP contribution in [0.4, 0.5) is 24.5 Å². The van der Waals surface area contributed by atoms with Gasteiger partial charge in [-0.3, -0.25) is 14.5 Å². The minimum atomic E-state index is -4.54. The first-order valence-electron chi connectivity index (χ1n) is 10.8. The normalized spacial score (nSPS) is 14.8. The van der Waals surface area contributed by atoms with Crippen LogP contribution < -0.4 is 15.0 Å². The lowest BCUT2D eigenvalue weighted by Gasteiger charge is -2.16. The first-order chi connectivity index (χ1) is 17.5. The Morgan fingerprint density at radius 2 is 1.84 bits per heavy atom. The second kappa shape index (κ2) is 11.0. The summed E-state index contributed by atoms with van der Waals surface area (Å²) in [5.41, 5.74) is 1.18. The molecule has 11 heteroatoms. The number of nitrogens with one attached hydrogen (secondary N) is 1. The molecule has 2 amide bonds. The molecule has 3 aromatic rings. The molecule has 0 bridgehead atoms. The summed E-state index contributed by atoms with van der Waals surface area (Å²) in [6, 6.07) is 16.3. The SMILES string of the molecule is Cc1c(Cl)cccc1NC(=O)COc1ccc(/C=C2\SC(=S)N(c3cccc(C(F)(F)F)c3)C2=O)cc1. The molecule has 1 aliphatic heterocycles. The topological polar surface area (TPSA) is 58.6 Å². The van der Waals surface area contributed by atoms with Crippen molar-refractivity contribution < 1.29 is 27.5 Å². The third-order valence-electron chi connectivity index (χ3n) is 5.31. The molecule has 0 saturated carbocycles. The van der Waals surface area contributed by atoms with E-state index in [-0.39, 0.29) is 27.4 Å². The predicted octanol–water partition coefficient (Wildman–Crippen LogP) is 7.09. The first kappa shape index (κ1) is 26.7. The summed E-state index contributed by atoms with van der Waals surface area (Å²) in [5, 5.41) is 3.28. The van der Waals surface area contributed by atoms with Crippen LogP contribution in [-0.2, 0) is 15.8 Å². The zero-order chi connectivity index (χ0) is 26.7. The van der Waals surface area contributed by atoms with Gasteiger partial charge in [0.1, 0.15) is 5.75 Å². The molecule has 1 N–H and O–H groups in total. The number of thiocarbonyl (C=S) groups is 1. The van der Waals surface area contributed by atoms with E-state index in [9.17, 15) is 22.8 Å². The fourth-order valence-electron chi connectivity index (χ4n) is 3.40. The Hall–Kier alpha value is -3.34. The van der Waals surface area contributed by atoms with Gasteiger partial charge in [0.05, 0.1) is 16.2 Å². The summed E-state index contributed by atoms with van der Waals surface area (Å²) in [7, 11) is 0. The second-order valence-corrected chi connectivity index (χ2v) is 9.97. The van der Waals surface area contributed by atoms with Gasteiger partial charge in [-0.25, -0.2) is 0 Å². The quantitative estimate of drug-likeness (QED) is 0.257. The highest BCUT2D eigenvalue weighted by Crippen LogP contribution is 2.38. The molecular weight excluding hydrogens is 545 g/mol. The molecule has 3 aromatic carbocycles. The molecule has 0 atom stereocenters. The number of hydrogen-bond acceptors (Lipinski definition) is 5. The smallest absolute Gasteiger partial charge is 0.416 e. The molecule has 4 rings (SSSR count). The molecular formula is C26H18ClF3N2O3S2. The third-order valence-corrected chi connectivity index (χ3v) is 7.03. The van der Waals surface area contributed by atoms with Crippen molar-refractivity contribution in [2.24, 2.45) is 0 Å². The summed E-state index contributed by atoms with van der Waals surface area (Å²) in [5.74, 6) is -0.429. The molecule has 1 heterocycles. The van der Waals surface area contributed by atoms with E-state index in [1.165, 1.54) is 12.1 Å². The highest BCUT2D eigenvalue weighted by Gasteiger charge is 2.36. The third kappa shape index (κ3) is 6.33. The largest absolute Gasteiger partial charge is 0.484 e. The molecule has 1 saturated heterocycles. The highest BCUT2D eigenvalue weighted by molar-refractivity contribution is 8.27. The zero-order valence-corrected chi connectivity index (χ0v) is 21.5. The van der Waals surface area contributed by atoms with Gasteiger partial charge in [-0.05, 0) is 66.6 Å². The molecule has 0 aromatic heterocycles. The Morgan fingerprint density at radius 3 is 2.54 bits per heavy atom. The summed E-state index contributed by atoms with van der Waals surface area (Å²) in [6.45, 7) is 1.58. The molecule has 5 nitrogen and oxygen atoms in total. The van der Waals surface area contributed by atoms with Crippen LogP contribution in [0.25, 0.3) is 6.08 Å². The molecule has 0 unspecified atom stereocenters. The van der Waals surface area contributed by atoms with Gasteiger partial charge in [0.25, 0.3) is 11.8 Å². The number of nitrogens with zero attached hydrogens (tertiary/aromatic N) is 1. The van der Waals surface area contributed by atoms with Crippen LogP contribution in [0.15, 0.2) is 71.6 Å². The fraction of sp³-hybridized carbons (Fsp3) is 0.115. The Labute approximate surface area is 225 Å². The van der Waals surface area contributed by atoms with Gasteiger partial charge >= 0.3 is 6.18 Å². The maximum Gasteiger partial charge on any atom is 0.416 e. The fourth-order valence-corrected chi connectivity index (χ4v) is 4.87. The lowest BCUT2D eigenvalue weighted by molar-refractivity contribution is -0.137. The molecule has 0 aliphatic carbocycles. The lowest BCUT2D eigenvalue weighted by atomic mass is 10.1. The number of carbonyl (C=O) groups is 2.